The molecule has 4 nitrogen and oxygen atoms in total. The molecule has 0 atom stereocenters. The third kappa shape index (κ3) is 3.58. The number of aldehydes is 1. The molecule has 0 bridgehead atoms. The molecule has 0 fully saturated rings. The maximum Gasteiger partial charge on any atom is 0.175 e. The van der Waals surface area contributed by atoms with Gasteiger partial charge in [-0.3, -0.25) is 4.79 Å². The van der Waals surface area contributed by atoms with Crippen molar-refractivity contribution in [3.05, 3.63) is 38.3 Å². The molecule has 0 N–H and O–H groups in total. The molecule has 0 saturated heterocycles. The van der Waals surface area contributed by atoms with Gasteiger partial charge in [0.25, 0.3) is 0 Å². The lowest BCUT2D eigenvalue weighted by Gasteiger charge is -2.13. The highest BCUT2D eigenvalue weighted by Gasteiger charge is 2.13. The molecule has 20 heavy (non-hydrogen) atoms. The van der Waals surface area contributed by atoms with Crippen molar-refractivity contribution in [2.75, 3.05) is 6.61 Å². The largest absolute Gasteiger partial charge is 0.490 e. The standard InChI is InChI=1S/C14H14BrNO3S/c1-3-18-13-5-10(6-17)4-12(15)14(13)19-7-11-8-20-9(2)16-11/h4-6,8H,3,7H2,1-2H3. The zero-order valence-corrected chi connectivity index (χ0v) is 13.6. The van der Waals surface area contributed by atoms with Gasteiger partial charge in [-0.25, -0.2) is 4.98 Å². The Bertz CT molecular complexity index is 612. The Morgan fingerprint density at radius 3 is 2.80 bits per heavy atom. The van der Waals surface area contributed by atoms with Crippen LogP contribution in [0.15, 0.2) is 22.0 Å². The summed E-state index contributed by atoms with van der Waals surface area (Å²) in [5.74, 6) is 1.14. The Morgan fingerprint density at radius 1 is 1.40 bits per heavy atom. The maximum absolute atomic E-state index is 10.9. The lowest BCUT2D eigenvalue weighted by Crippen LogP contribution is -2.01. The average Bonchev–Trinajstić information content (AvgIpc) is 2.83. The van der Waals surface area contributed by atoms with E-state index in [2.05, 4.69) is 20.9 Å². The summed E-state index contributed by atoms with van der Waals surface area (Å²) in [7, 11) is 0. The Labute approximate surface area is 129 Å². The van der Waals surface area contributed by atoms with Crippen LogP contribution in [0.4, 0.5) is 0 Å². The molecular formula is C14H14BrNO3S. The van der Waals surface area contributed by atoms with Gasteiger partial charge in [0.15, 0.2) is 11.5 Å². The van der Waals surface area contributed by atoms with Gasteiger partial charge in [0.05, 0.1) is 21.8 Å². The summed E-state index contributed by atoms with van der Waals surface area (Å²) < 4.78 is 12.0. The number of ether oxygens (including phenoxy) is 2. The molecule has 0 saturated carbocycles. The number of aromatic nitrogens is 1. The van der Waals surface area contributed by atoms with Crippen molar-refractivity contribution in [2.45, 2.75) is 20.5 Å². The first kappa shape index (κ1) is 15.0. The Hall–Kier alpha value is -1.40. The van der Waals surface area contributed by atoms with E-state index in [1.807, 2.05) is 19.2 Å². The average molecular weight is 356 g/mol. The summed E-state index contributed by atoms with van der Waals surface area (Å²) in [6.07, 6.45) is 0.779. The zero-order valence-electron chi connectivity index (χ0n) is 11.2. The van der Waals surface area contributed by atoms with Gasteiger partial charge >= 0.3 is 0 Å². The molecule has 2 rings (SSSR count). The molecule has 0 spiro atoms. The molecule has 1 aromatic carbocycles. The van der Waals surface area contributed by atoms with Crippen LogP contribution in [0.5, 0.6) is 11.5 Å². The molecule has 0 aliphatic heterocycles. The predicted molar refractivity (Wildman–Crippen MR) is 81.9 cm³/mol. The van der Waals surface area contributed by atoms with Crippen LogP contribution in [0.25, 0.3) is 0 Å². The van der Waals surface area contributed by atoms with E-state index in [1.165, 1.54) is 0 Å². The number of thiazole rings is 1. The van der Waals surface area contributed by atoms with Crippen LogP contribution in [0, 0.1) is 6.92 Å². The van der Waals surface area contributed by atoms with Crippen molar-refractivity contribution in [2.24, 2.45) is 0 Å². The zero-order chi connectivity index (χ0) is 14.5. The van der Waals surface area contributed by atoms with E-state index in [1.54, 1.807) is 23.5 Å². The van der Waals surface area contributed by atoms with Crippen LogP contribution in [-0.4, -0.2) is 17.9 Å². The Morgan fingerprint density at radius 2 is 2.20 bits per heavy atom. The molecule has 0 amide bonds. The minimum Gasteiger partial charge on any atom is -0.490 e. The lowest BCUT2D eigenvalue weighted by atomic mass is 10.2. The van der Waals surface area contributed by atoms with E-state index in [-0.39, 0.29) is 0 Å². The molecule has 1 heterocycles. The molecular weight excluding hydrogens is 342 g/mol. The van der Waals surface area contributed by atoms with Crippen molar-refractivity contribution in [3.63, 3.8) is 0 Å². The van der Waals surface area contributed by atoms with E-state index in [0.717, 1.165) is 17.0 Å². The first-order valence-corrected chi connectivity index (χ1v) is 7.76. The molecule has 0 unspecified atom stereocenters. The van der Waals surface area contributed by atoms with Gasteiger partial charge in [-0.1, -0.05) is 0 Å². The van der Waals surface area contributed by atoms with Gasteiger partial charge in [0.2, 0.25) is 0 Å². The van der Waals surface area contributed by atoms with Gasteiger partial charge < -0.3 is 9.47 Å². The first-order valence-electron chi connectivity index (χ1n) is 6.09. The van der Waals surface area contributed by atoms with E-state index in [9.17, 15) is 4.79 Å². The number of benzene rings is 1. The number of hydrogen-bond donors (Lipinski definition) is 0. The van der Waals surface area contributed by atoms with Crippen LogP contribution in [-0.2, 0) is 6.61 Å². The van der Waals surface area contributed by atoms with Crippen LogP contribution >= 0.6 is 27.3 Å². The van der Waals surface area contributed by atoms with Crippen LogP contribution in [0.1, 0.15) is 28.0 Å². The van der Waals surface area contributed by atoms with Gasteiger partial charge in [0, 0.05) is 10.9 Å². The number of rotatable bonds is 6. The van der Waals surface area contributed by atoms with Gasteiger partial charge in [-0.2, -0.15) is 0 Å². The first-order chi connectivity index (χ1) is 9.63. The van der Waals surface area contributed by atoms with Gasteiger partial charge in [-0.15, -0.1) is 11.3 Å². The summed E-state index contributed by atoms with van der Waals surface area (Å²) in [4.78, 5) is 15.2. The molecule has 0 aliphatic rings. The van der Waals surface area contributed by atoms with E-state index >= 15 is 0 Å². The number of carbonyl (C=O) groups is 1. The molecule has 1 aromatic heterocycles. The van der Waals surface area contributed by atoms with E-state index < -0.39 is 0 Å². The highest BCUT2D eigenvalue weighted by Crippen LogP contribution is 2.37. The third-order valence-corrected chi connectivity index (χ3v) is 3.91. The van der Waals surface area contributed by atoms with Gasteiger partial charge in [0.1, 0.15) is 12.9 Å². The molecule has 0 radical (unpaired) electrons. The Balaban J connectivity index is 2.22. The maximum atomic E-state index is 10.9. The van der Waals surface area contributed by atoms with Crippen molar-refractivity contribution in [1.82, 2.24) is 4.98 Å². The van der Waals surface area contributed by atoms with Crippen LogP contribution in [0.2, 0.25) is 0 Å². The lowest BCUT2D eigenvalue weighted by molar-refractivity contribution is 0.112. The second kappa shape index (κ2) is 6.85. The molecule has 0 aliphatic carbocycles. The number of carbonyl (C=O) groups excluding carboxylic acids is 1. The topological polar surface area (TPSA) is 48.4 Å². The molecule has 2 aromatic rings. The fourth-order valence-electron chi connectivity index (χ4n) is 1.68. The van der Waals surface area contributed by atoms with Crippen molar-refractivity contribution < 1.29 is 14.3 Å². The number of aryl methyl sites for hydroxylation is 1. The second-order valence-corrected chi connectivity index (χ2v) is 5.94. The van der Waals surface area contributed by atoms with E-state index in [4.69, 9.17) is 9.47 Å². The smallest absolute Gasteiger partial charge is 0.175 e. The van der Waals surface area contributed by atoms with Gasteiger partial charge in [-0.05, 0) is 41.9 Å². The molecule has 106 valence electrons. The number of halogens is 1. The summed E-state index contributed by atoms with van der Waals surface area (Å²) >= 11 is 4.99. The SMILES string of the molecule is CCOc1cc(C=O)cc(Br)c1OCc1csc(C)n1. The minimum absolute atomic E-state index is 0.365. The predicted octanol–water partition coefficient (Wildman–Crippen LogP) is 4.00. The number of nitrogens with zero attached hydrogens (tertiary/aromatic N) is 1. The third-order valence-electron chi connectivity index (χ3n) is 2.50. The fraction of sp³-hybridized carbons (Fsp3) is 0.286. The summed E-state index contributed by atoms with van der Waals surface area (Å²) in [5, 5.41) is 2.97. The van der Waals surface area contributed by atoms with E-state index in [0.29, 0.717) is 34.7 Å². The van der Waals surface area contributed by atoms with Crippen molar-refractivity contribution in [1.29, 1.82) is 0 Å². The summed E-state index contributed by atoms with van der Waals surface area (Å²) in [6, 6.07) is 3.38. The Kier molecular flexibility index (Phi) is 5.14. The molecule has 6 heteroatoms. The monoisotopic (exact) mass is 355 g/mol. The number of hydrogen-bond acceptors (Lipinski definition) is 5. The summed E-state index contributed by atoms with van der Waals surface area (Å²) in [6.45, 7) is 4.70. The summed E-state index contributed by atoms with van der Waals surface area (Å²) in [5.41, 5.74) is 1.42. The van der Waals surface area contributed by atoms with Crippen molar-refractivity contribution in [3.8, 4) is 11.5 Å². The normalized spacial score (nSPS) is 10.3. The van der Waals surface area contributed by atoms with Crippen LogP contribution < -0.4 is 9.47 Å². The highest BCUT2D eigenvalue weighted by atomic mass is 79.9. The fourth-order valence-corrected chi connectivity index (χ4v) is 2.85. The quantitative estimate of drug-likeness (QED) is 0.734. The highest BCUT2D eigenvalue weighted by molar-refractivity contribution is 9.10. The minimum atomic E-state index is 0.365. The van der Waals surface area contributed by atoms with Crippen molar-refractivity contribution >= 4 is 33.6 Å². The van der Waals surface area contributed by atoms with Crippen LogP contribution in [0.3, 0.4) is 0 Å². The second-order valence-electron chi connectivity index (χ2n) is 4.03.